The van der Waals surface area contributed by atoms with Crippen molar-refractivity contribution < 1.29 is 4.74 Å². The molecule has 1 N–H and O–H groups in total. The van der Waals surface area contributed by atoms with Crippen molar-refractivity contribution in [3.63, 3.8) is 0 Å². The minimum absolute atomic E-state index is 0.146. The van der Waals surface area contributed by atoms with Crippen LogP contribution in [0, 0.1) is 11.3 Å². The van der Waals surface area contributed by atoms with Crippen molar-refractivity contribution >= 4 is 0 Å². The summed E-state index contributed by atoms with van der Waals surface area (Å²) in [6.45, 7) is 12.7. The van der Waals surface area contributed by atoms with E-state index in [4.69, 9.17) is 4.74 Å². The van der Waals surface area contributed by atoms with Gasteiger partial charge in [0.05, 0.1) is 6.10 Å². The molecule has 2 rings (SSSR count). The lowest BCUT2D eigenvalue weighted by atomic mass is 9.78. The average molecular weight is 294 g/mol. The summed E-state index contributed by atoms with van der Waals surface area (Å²) >= 11 is 0. The largest absolute Gasteiger partial charge is 0.378 e. The number of ether oxygens (including phenoxy) is 1. The first-order chi connectivity index (χ1) is 10.1. The Morgan fingerprint density at radius 3 is 2.95 bits per heavy atom. The molecule has 21 heavy (non-hydrogen) atoms. The van der Waals surface area contributed by atoms with Gasteiger partial charge in [-0.05, 0) is 32.2 Å². The Labute approximate surface area is 128 Å². The fourth-order valence-electron chi connectivity index (χ4n) is 3.09. The van der Waals surface area contributed by atoms with E-state index in [0.717, 1.165) is 51.3 Å². The van der Waals surface area contributed by atoms with E-state index in [-0.39, 0.29) is 11.5 Å². The second-order valence-electron chi connectivity index (χ2n) is 6.73. The maximum Gasteiger partial charge on any atom is 0.138 e. The van der Waals surface area contributed by atoms with Gasteiger partial charge < -0.3 is 10.1 Å². The molecule has 0 radical (unpaired) electrons. The Kier molecular flexibility index (Phi) is 5.76. The van der Waals surface area contributed by atoms with E-state index < -0.39 is 0 Å². The van der Waals surface area contributed by atoms with Crippen LogP contribution in [0.1, 0.15) is 46.4 Å². The van der Waals surface area contributed by atoms with Crippen LogP contribution in [-0.4, -0.2) is 40.6 Å². The summed E-state index contributed by atoms with van der Waals surface area (Å²) in [4.78, 5) is 4.49. The molecule has 0 saturated carbocycles. The van der Waals surface area contributed by atoms with Gasteiger partial charge in [-0.15, -0.1) is 0 Å². The van der Waals surface area contributed by atoms with Crippen LogP contribution in [0.5, 0.6) is 0 Å². The lowest BCUT2D eigenvalue weighted by Crippen LogP contribution is -2.42. The van der Waals surface area contributed by atoms with Crippen LogP contribution in [0.15, 0.2) is 6.33 Å². The predicted molar refractivity (Wildman–Crippen MR) is 84.2 cm³/mol. The molecule has 2 unspecified atom stereocenters. The van der Waals surface area contributed by atoms with Crippen LogP contribution in [0.4, 0.5) is 0 Å². The summed E-state index contributed by atoms with van der Waals surface area (Å²) in [5.74, 6) is 1.77. The molecule has 0 spiro atoms. The summed E-state index contributed by atoms with van der Waals surface area (Å²) in [6, 6.07) is 0. The van der Waals surface area contributed by atoms with Crippen LogP contribution < -0.4 is 5.32 Å². The normalized spacial score (nSPS) is 25.9. The molecule has 120 valence electrons. The first-order valence-corrected chi connectivity index (χ1v) is 8.26. The quantitative estimate of drug-likeness (QED) is 0.799. The van der Waals surface area contributed by atoms with Gasteiger partial charge in [-0.25, -0.2) is 4.98 Å². The maximum atomic E-state index is 5.88. The molecular formula is C16H30N4O. The van der Waals surface area contributed by atoms with E-state index in [1.165, 1.54) is 0 Å². The molecule has 0 amide bonds. The molecule has 2 heterocycles. The lowest BCUT2D eigenvalue weighted by Gasteiger charge is -2.32. The zero-order valence-corrected chi connectivity index (χ0v) is 13.9. The highest BCUT2D eigenvalue weighted by atomic mass is 16.5. The molecule has 1 saturated heterocycles. The second-order valence-corrected chi connectivity index (χ2v) is 6.73. The van der Waals surface area contributed by atoms with Gasteiger partial charge in [0.1, 0.15) is 12.2 Å². The predicted octanol–water partition coefficient (Wildman–Crippen LogP) is 2.27. The Morgan fingerprint density at radius 1 is 1.52 bits per heavy atom. The number of rotatable bonds is 8. The van der Waals surface area contributed by atoms with Gasteiger partial charge in [0.25, 0.3) is 0 Å². The molecule has 1 aromatic heterocycles. The van der Waals surface area contributed by atoms with Crippen molar-refractivity contribution in [3.8, 4) is 0 Å². The zero-order valence-electron chi connectivity index (χ0n) is 13.9. The summed E-state index contributed by atoms with van der Waals surface area (Å²) in [6.07, 6.45) is 5.07. The van der Waals surface area contributed by atoms with Crippen molar-refractivity contribution in [3.05, 3.63) is 12.2 Å². The number of hydrogen-bond donors (Lipinski definition) is 1. The highest BCUT2D eigenvalue weighted by Gasteiger charge is 2.42. The highest BCUT2D eigenvalue weighted by Crippen LogP contribution is 2.37. The van der Waals surface area contributed by atoms with E-state index in [0.29, 0.717) is 5.92 Å². The van der Waals surface area contributed by atoms with Gasteiger partial charge in [0, 0.05) is 31.5 Å². The van der Waals surface area contributed by atoms with Gasteiger partial charge >= 0.3 is 0 Å². The van der Waals surface area contributed by atoms with Crippen LogP contribution in [0.25, 0.3) is 0 Å². The fourth-order valence-corrected chi connectivity index (χ4v) is 3.09. The summed E-state index contributed by atoms with van der Waals surface area (Å²) in [7, 11) is 0. The molecule has 5 nitrogen and oxygen atoms in total. The Balaban J connectivity index is 2.07. The van der Waals surface area contributed by atoms with Crippen LogP contribution in [0.2, 0.25) is 0 Å². The van der Waals surface area contributed by atoms with Crippen molar-refractivity contribution in [2.24, 2.45) is 11.3 Å². The van der Waals surface area contributed by atoms with E-state index in [1.807, 2.05) is 0 Å². The third kappa shape index (κ3) is 4.04. The average Bonchev–Trinajstić information content (AvgIpc) is 2.99. The Bertz CT molecular complexity index is 432. The summed E-state index contributed by atoms with van der Waals surface area (Å²) in [5.41, 5.74) is 0.146. The van der Waals surface area contributed by atoms with Gasteiger partial charge in [-0.1, -0.05) is 20.8 Å². The fraction of sp³-hybridized carbons (Fsp3) is 0.875. The highest BCUT2D eigenvalue weighted by molar-refractivity contribution is 5.00. The summed E-state index contributed by atoms with van der Waals surface area (Å²) in [5, 5.41) is 7.98. The van der Waals surface area contributed by atoms with Crippen molar-refractivity contribution in [2.45, 2.75) is 59.6 Å². The SMILES string of the molecule is CCCn1ncnc1CC1(CNCC(C)C)CCOC1C. The van der Waals surface area contributed by atoms with Gasteiger partial charge in [-0.3, -0.25) is 4.68 Å². The maximum absolute atomic E-state index is 5.88. The second kappa shape index (κ2) is 7.36. The number of nitrogens with one attached hydrogen (secondary N) is 1. The molecule has 2 atom stereocenters. The van der Waals surface area contributed by atoms with E-state index in [2.05, 4.69) is 47.8 Å². The smallest absolute Gasteiger partial charge is 0.138 e. The first kappa shape index (κ1) is 16.4. The van der Waals surface area contributed by atoms with Crippen molar-refractivity contribution in [1.29, 1.82) is 0 Å². The van der Waals surface area contributed by atoms with Crippen LogP contribution in [-0.2, 0) is 17.7 Å². The molecule has 0 aromatic carbocycles. The third-order valence-corrected chi connectivity index (χ3v) is 4.50. The van der Waals surface area contributed by atoms with Crippen LogP contribution in [0.3, 0.4) is 0 Å². The van der Waals surface area contributed by atoms with Crippen molar-refractivity contribution in [2.75, 3.05) is 19.7 Å². The zero-order chi connectivity index (χ0) is 15.3. The molecule has 1 fully saturated rings. The monoisotopic (exact) mass is 294 g/mol. The first-order valence-electron chi connectivity index (χ1n) is 8.26. The molecule has 1 aliphatic heterocycles. The molecular weight excluding hydrogens is 264 g/mol. The number of nitrogens with zero attached hydrogens (tertiary/aromatic N) is 3. The van der Waals surface area contributed by atoms with E-state index in [9.17, 15) is 0 Å². The van der Waals surface area contributed by atoms with Crippen LogP contribution >= 0.6 is 0 Å². The summed E-state index contributed by atoms with van der Waals surface area (Å²) < 4.78 is 7.93. The Hall–Kier alpha value is -0.940. The standard InChI is InChI=1S/C16H30N4O/c1-5-7-20-15(18-12-19-20)9-16(6-8-21-14(16)4)11-17-10-13(2)3/h12-14,17H,5-11H2,1-4H3. The Morgan fingerprint density at radius 2 is 2.33 bits per heavy atom. The molecule has 0 aliphatic carbocycles. The van der Waals surface area contributed by atoms with Crippen molar-refractivity contribution in [1.82, 2.24) is 20.1 Å². The van der Waals surface area contributed by atoms with E-state index in [1.54, 1.807) is 6.33 Å². The molecule has 1 aliphatic rings. The van der Waals surface area contributed by atoms with Gasteiger partial charge in [-0.2, -0.15) is 5.10 Å². The molecule has 0 bridgehead atoms. The number of aryl methyl sites for hydroxylation is 1. The molecule has 1 aromatic rings. The third-order valence-electron chi connectivity index (χ3n) is 4.50. The lowest BCUT2D eigenvalue weighted by molar-refractivity contribution is 0.0611. The topological polar surface area (TPSA) is 52.0 Å². The van der Waals surface area contributed by atoms with E-state index >= 15 is 0 Å². The number of aromatic nitrogens is 3. The molecule has 5 heteroatoms. The minimum Gasteiger partial charge on any atom is -0.378 e. The number of hydrogen-bond acceptors (Lipinski definition) is 4. The minimum atomic E-state index is 0.146. The van der Waals surface area contributed by atoms with Gasteiger partial charge in [0.2, 0.25) is 0 Å². The van der Waals surface area contributed by atoms with Gasteiger partial charge in [0.15, 0.2) is 0 Å².